The van der Waals surface area contributed by atoms with Crippen molar-refractivity contribution in [2.45, 2.75) is 45.4 Å². The number of carbonyl (C=O) groups excluding carboxylic acids is 1. The quantitative estimate of drug-likeness (QED) is 0.571. The summed E-state index contributed by atoms with van der Waals surface area (Å²) in [7, 11) is 0. The molecular weight excluding hydrogens is 366 g/mol. The molecule has 1 heterocycles. The number of benzene rings is 2. The third kappa shape index (κ3) is 4.47. The molecule has 6 nitrogen and oxygen atoms in total. The Hall–Kier alpha value is -3.15. The molecule has 150 valence electrons. The van der Waals surface area contributed by atoms with Crippen molar-refractivity contribution in [3.05, 3.63) is 59.2 Å². The van der Waals surface area contributed by atoms with Crippen LogP contribution in [0.25, 0.3) is 11.3 Å². The van der Waals surface area contributed by atoms with E-state index in [4.69, 9.17) is 9.37 Å². The molecule has 1 aromatic heterocycles. The molecule has 0 unspecified atom stereocenters. The lowest BCUT2D eigenvalue weighted by molar-refractivity contribution is 0.102. The molecule has 1 N–H and O–H groups in total. The van der Waals surface area contributed by atoms with Crippen LogP contribution in [0.2, 0.25) is 0 Å². The maximum Gasteiger partial charge on any atom is 0.257 e. The summed E-state index contributed by atoms with van der Waals surface area (Å²) in [6.07, 6.45) is 6.66. The lowest BCUT2D eigenvalue weighted by Gasteiger charge is -2.16. The Morgan fingerprint density at radius 2 is 1.97 bits per heavy atom. The van der Waals surface area contributed by atoms with Crippen molar-refractivity contribution in [2.24, 2.45) is 0 Å². The molecular formula is C23H25N3O3. The smallest absolute Gasteiger partial charge is 0.257 e. The number of anilines is 1. The van der Waals surface area contributed by atoms with E-state index < -0.39 is 0 Å². The highest BCUT2D eigenvalue weighted by Gasteiger charge is 2.18. The van der Waals surface area contributed by atoms with Gasteiger partial charge in [0.05, 0.1) is 6.61 Å². The minimum atomic E-state index is -0.277. The van der Waals surface area contributed by atoms with Gasteiger partial charge in [-0.3, -0.25) is 4.79 Å². The number of nitrogens with zero attached hydrogens (tertiary/aromatic N) is 2. The number of ether oxygens (including phenoxy) is 1. The van der Waals surface area contributed by atoms with E-state index in [1.807, 2.05) is 18.2 Å². The highest BCUT2D eigenvalue weighted by Crippen LogP contribution is 2.30. The highest BCUT2D eigenvalue weighted by molar-refractivity contribution is 6.05. The second-order valence-electron chi connectivity index (χ2n) is 7.34. The number of rotatable bonds is 7. The molecule has 0 atom stereocenters. The second-order valence-corrected chi connectivity index (χ2v) is 7.34. The summed E-state index contributed by atoms with van der Waals surface area (Å²) in [5.41, 5.74) is 4.67. The van der Waals surface area contributed by atoms with Crippen LogP contribution in [0.5, 0.6) is 5.75 Å². The van der Waals surface area contributed by atoms with Gasteiger partial charge in [-0.25, -0.2) is 4.63 Å². The Morgan fingerprint density at radius 1 is 1.10 bits per heavy atom. The minimum Gasteiger partial charge on any atom is -0.494 e. The molecule has 1 aliphatic rings. The summed E-state index contributed by atoms with van der Waals surface area (Å²) in [5, 5.41) is 10.7. The van der Waals surface area contributed by atoms with E-state index in [1.165, 1.54) is 24.0 Å². The average Bonchev–Trinajstić information content (AvgIpc) is 3.22. The van der Waals surface area contributed by atoms with Crippen molar-refractivity contribution in [1.29, 1.82) is 0 Å². The highest BCUT2D eigenvalue weighted by atomic mass is 16.6. The van der Waals surface area contributed by atoms with Gasteiger partial charge in [-0.15, -0.1) is 0 Å². The maximum absolute atomic E-state index is 12.7. The Kier molecular flexibility index (Phi) is 5.89. The van der Waals surface area contributed by atoms with Gasteiger partial charge in [-0.05, 0) is 77.8 Å². The number of hydrogen-bond acceptors (Lipinski definition) is 5. The van der Waals surface area contributed by atoms with Crippen molar-refractivity contribution in [3.63, 3.8) is 0 Å². The molecule has 0 radical (unpaired) electrons. The molecule has 0 fully saturated rings. The van der Waals surface area contributed by atoms with Gasteiger partial charge in [0.2, 0.25) is 5.82 Å². The van der Waals surface area contributed by atoms with Crippen LogP contribution in [0.1, 0.15) is 54.1 Å². The summed E-state index contributed by atoms with van der Waals surface area (Å²) in [4.78, 5) is 12.7. The van der Waals surface area contributed by atoms with Crippen LogP contribution in [0.15, 0.2) is 47.1 Å². The topological polar surface area (TPSA) is 77.2 Å². The minimum absolute atomic E-state index is 0.277. The van der Waals surface area contributed by atoms with Gasteiger partial charge in [-0.1, -0.05) is 31.5 Å². The first-order chi connectivity index (χ1) is 14.2. The fraction of sp³-hybridized carbons (Fsp3) is 0.348. The summed E-state index contributed by atoms with van der Waals surface area (Å²) < 4.78 is 10.6. The zero-order valence-electron chi connectivity index (χ0n) is 16.6. The summed E-state index contributed by atoms with van der Waals surface area (Å²) in [6, 6.07) is 13.4. The van der Waals surface area contributed by atoms with Gasteiger partial charge >= 0.3 is 0 Å². The number of aryl methyl sites for hydroxylation is 2. The number of amides is 1. The number of nitrogens with one attached hydrogen (secondary N) is 1. The Morgan fingerprint density at radius 3 is 2.83 bits per heavy atom. The third-order valence-corrected chi connectivity index (χ3v) is 5.21. The Labute approximate surface area is 170 Å². The Balaban J connectivity index is 1.51. The molecule has 0 spiro atoms. The van der Waals surface area contributed by atoms with Crippen molar-refractivity contribution in [3.8, 4) is 17.0 Å². The zero-order chi connectivity index (χ0) is 20.1. The van der Waals surface area contributed by atoms with Gasteiger partial charge in [0.1, 0.15) is 5.75 Å². The Bertz CT molecular complexity index is 997. The van der Waals surface area contributed by atoms with Crippen molar-refractivity contribution < 1.29 is 14.2 Å². The van der Waals surface area contributed by atoms with E-state index in [1.54, 1.807) is 12.1 Å². The number of fused-ring (bicyclic) bond motifs is 1. The second kappa shape index (κ2) is 8.90. The first-order valence-electron chi connectivity index (χ1n) is 10.2. The zero-order valence-corrected chi connectivity index (χ0v) is 16.6. The van der Waals surface area contributed by atoms with E-state index in [2.05, 4.69) is 34.7 Å². The van der Waals surface area contributed by atoms with Gasteiger partial charge < -0.3 is 10.1 Å². The molecule has 29 heavy (non-hydrogen) atoms. The van der Waals surface area contributed by atoms with Crippen LogP contribution in [-0.2, 0) is 12.8 Å². The largest absolute Gasteiger partial charge is 0.494 e. The maximum atomic E-state index is 12.7. The van der Waals surface area contributed by atoms with E-state index in [0.29, 0.717) is 29.4 Å². The SMILES string of the molecule is CCCCOc1cccc(C(=O)Nc2nonc2-c2ccc3c(c2)CCCC3)c1. The molecule has 2 aromatic carbocycles. The van der Waals surface area contributed by atoms with E-state index in [0.717, 1.165) is 31.2 Å². The lowest BCUT2D eigenvalue weighted by atomic mass is 9.90. The van der Waals surface area contributed by atoms with Crippen molar-refractivity contribution >= 4 is 11.7 Å². The van der Waals surface area contributed by atoms with Crippen LogP contribution in [-0.4, -0.2) is 22.8 Å². The fourth-order valence-electron chi connectivity index (χ4n) is 3.58. The molecule has 4 rings (SSSR count). The van der Waals surface area contributed by atoms with Gasteiger partial charge in [0.15, 0.2) is 5.69 Å². The van der Waals surface area contributed by atoms with Gasteiger partial charge in [0.25, 0.3) is 5.91 Å². The third-order valence-electron chi connectivity index (χ3n) is 5.21. The molecule has 0 saturated carbocycles. The van der Waals surface area contributed by atoms with Crippen LogP contribution < -0.4 is 10.1 Å². The van der Waals surface area contributed by atoms with E-state index >= 15 is 0 Å². The average molecular weight is 391 g/mol. The van der Waals surface area contributed by atoms with Gasteiger partial charge in [-0.2, -0.15) is 0 Å². The predicted molar refractivity (Wildman–Crippen MR) is 111 cm³/mol. The number of aromatic nitrogens is 2. The van der Waals surface area contributed by atoms with Crippen LogP contribution in [0, 0.1) is 0 Å². The molecule has 1 amide bonds. The summed E-state index contributed by atoms with van der Waals surface area (Å²) in [6.45, 7) is 2.75. The summed E-state index contributed by atoms with van der Waals surface area (Å²) >= 11 is 0. The summed E-state index contributed by atoms with van der Waals surface area (Å²) in [5.74, 6) is 0.725. The lowest BCUT2D eigenvalue weighted by Crippen LogP contribution is -2.13. The fourth-order valence-corrected chi connectivity index (χ4v) is 3.58. The van der Waals surface area contributed by atoms with E-state index in [-0.39, 0.29) is 5.91 Å². The van der Waals surface area contributed by atoms with Crippen LogP contribution in [0.4, 0.5) is 5.82 Å². The molecule has 0 saturated heterocycles. The van der Waals surface area contributed by atoms with Crippen LogP contribution in [0.3, 0.4) is 0 Å². The van der Waals surface area contributed by atoms with Crippen molar-refractivity contribution in [2.75, 3.05) is 11.9 Å². The first-order valence-corrected chi connectivity index (χ1v) is 10.2. The normalized spacial score (nSPS) is 13.0. The standard InChI is InChI=1S/C23H25N3O3/c1-2-3-13-28-20-10-6-9-19(15-20)23(27)24-22-21(25-29-26-22)18-12-11-16-7-4-5-8-17(16)14-18/h6,9-12,14-15H,2-5,7-8,13H2,1H3,(H,24,26,27). The van der Waals surface area contributed by atoms with Gasteiger partial charge in [0, 0.05) is 11.1 Å². The van der Waals surface area contributed by atoms with Crippen LogP contribution >= 0.6 is 0 Å². The number of unbranched alkanes of at least 4 members (excludes halogenated alkanes) is 1. The van der Waals surface area contributed by atoms with E-state index in [9.17, 15) is 4.79 Å². The number of hydrogen-bond donors (Lipinski definition) is 1. The molecule has 3 aromatic rings. The molecule has 0 aliphatic heterocycles. The van der Waals surface area contributed by atoms with Crippen molar-refractivity contribution in [1.82, 2.24) is 10.3 Å². The number of carbonyl (C=O) groups is 1. The molecule has 6 heteroatoms. The molecule has 1 aliphatic carbocycles. The first kappa shape index (κ1) is 19.2. The predicted octanol–water partition coefficient (Wildman–Crippen LogP) is 5.05. The monoisotopic (exact) mass is 391 g/mol. The molecule has 0 bridgehead atoms.